The van der Waals surface area contributed by atoms with E-state index in [4.69, 9.17) is 4.74 Å². The zero-order chi connectivity index (χ0) is 22.3. The normalized spacial score (nSPS) is 19.1. The predicted octanol–water partition coefficient (Wildman–Crippen LogP) is 1.74. The first-order valence-electron chi connectivity index (χ1n) is 10.9. The van der Waals surface area contributed by atoms with E-state index in [-0.39, 0.29) is 24.1 Å². The second kappa shape index (κ2) is 10.4. The fourth-order valence-corrected chi connectivity index (χ4v) is 3.94. The molecule has 0 saturated carbocycles. The summed E-state index contributed by atoms with van der Waals surface area (Å²) >= 11 is 0. The third-order valence-corrected chi connectivity index (χ3v) is 5.80. The molecule has 0 radical (unpaired) electrons. The second-order valence-corrected chi connectivity index (χ2v) is 8.02. The summed E-state index contributed by atoms with van der Waals surface area (Å²) in [7, 11) is 0. The topological polar surface area (TPSA) is 91.0 Å². The van der Waals surface area contributed by atoms with Crippen molar-refractivity contribution in [1.82, 2.24) is 10.2 Å². The maximum absolute atomic E-state index is 12.7. The number of hydrogen-bond acceptors (Lipinski definition) is 5. The zero-order valence-electron chi connectivity index (χ0n) is 18.0. The summed E-state index contributed by atoms with van der Waals surface area (Å²) in [6.45, 7) is 4.98. The minimum atomic E-state index is -0.411. The third-order valence-electron chi connectivity index (χ3n) is 5.80. The first-order valence-corrected chi connectivity index (χ1v) is 10.9. The van der Waals surface area contributed by atoms with Crippen LogP contribution in [0.4, 0.5) is 11.4 Å². The number of morpholine rings is 1. The first-order chi connectivity index (χ1) is 15.6. The molecular formula is C24H28N4O4. The molecule has 2 aliphatic heterocycles. The molecular weight excluding hydrogens is 408 g/mol. The maximum Gasteiger partial charge on any atom is 0.251 e. The van der Waals surface area contributed by atoms with Crippen LogP contribution in [0.25, 0.3) is 0 Å². The van der Waals surface area contributed by atoms with Crippen LogP contribution in [-0.4, -0.2) is 68.6 Å². The number of benzene rings is 2. The number of ether oxygens (including phenoxy) is 1. The van der Waals surface area contributed by atoms with Crippen LogP contribution in [0.1, 0.15) is 16.8 Å². The molecule has 2 N–H and O–H groups in total. The molecule has 8 nitrogen and oxygen atoms in total. The Labute approximate surface area is 187 Å². The van der Waals surface area contributed by atoms with Gasteiger partial charge in [-0.25, -0.2) is 0 Å². The number of carbonyl (C=O) groups is 3. The van der Waals surface area contributed by atoms with Crippen molar-refractivity contribution in [2.45, 2.75) is 6.42 Å². The smallest absolute Gasteiger partial charge is 0.251 e. The van der Waals surface area contributed by atoms with E-state index in [1.165, 1.54) is 0 Å². The molecule has 2 fully saturated rings. The Kier molecular flexibility index (Phi) is 7.14. The standard InChI is InChI=1S/C24H28N4O4/c29-22-16-19(17-28(22)21-4-2-1-3-5-21)24(31)26-20-8-6-18(7-9-20)23(30)25-10-11-27-12-14-32-15-13-27/h1-9,19H,10-17H2,(H,25,30)(H,26,31). The Bertz CT molecular complexity index is 942. The van der Waals surface area contributed by atoms with Gasteiger partial charge in [0.15, 0.2) is 0 Å². The van der Waals surface area contributed by atoms with Crippen molar-refractivity contribution < 1.29 is 19.1 Å². The fourth-order valence-electron chi connectivity index (χ4n) is 3.94. The highest BCUT2D eigenvalue weighted by atomic mass is 16.5. The second-order valence-electron chi connectivity index (χ2n) is 8.02. The minimum absolute atomic E-state index is 0.0551. The van der Waals surface area contributed by atoms with Crippen molar-refractivity contribution in [2.75, 3.05) is 56.2 Å². The van der Waals surface area contributed by atoms with Crippen LogP contribution in [0.5, 0.6) is 0 Å². The highest BCUT2D eigenvalue weighted by molar-refractivity contribution is 6.03. The van der Waals surface area contributed by atoms with Gasteiger partial charge in [0.1, 0.15) is 0 Å². The van der Waals surface area contributed by atoms with Gasteiger partial charge < -0.3 is 20.3 Å². The highest BCUT2D eigenvalue weighted by Crippen LogP contribution is 2.25. The minimum Gasteiger partial charge on any atom is -0.379 e. The third kappa shape index (κ3) is 5.52. The van der Waals surface area contributed by atoms with E-state index in [0.29, 0.717) is 24.3 Å². The van der Waals surface area contributed by atoms with Crippen molar-refractivity contribution >= 4 is 29.1 Å². The molecule has 1 unspecified atom stereocenters. The molecule has 3 amide bonds. The van der Waals surface area contributed by atoms with Gasteiger partial charge in [-0.3, -0.25) is 19.3 Å². The van der Waals surface area contributed by atoms with Gasteiger partial charge in [0.25, 0.3) is 5.91 Å². The lowest BCUT2D eigenvalue weighted by Gasteiger charge is -2.26. The van der Waals surface area contributed by atoms with E-state index in [1.807, 2.05) is 30.3 Å². The van der Waals surface area contributed by atoms with Crippen molar-refractivity contribution in [3.05, 3.63) is 60.2 Å². The summed E-state index contributed by atoms with van der Waals surface area (Å²) in [6.07, 6.45) is 0.185. The van der Waals surface area contributed by atoms with Gasteiger partial charge in [-0.2, -0.15) is 0 Å². The molecule has 0 aromatic heterocycles. The summed E-state index contributed by atoms with van der Waals surface area (Å²) in [5.74, 6) is -0.804. The SMILES string of the molecule is O=C(NCCN1CCOCC1)c1ccc(NC(=O)C2CC(=O)N(c3ccccc3)C2)cc1. The van der Waals surface area contributed by atoms with Gasteiger partial charge in [0.2, 0.25) is 11.8 Å². The Hall–Kier alpha value is -3.23. The summed E-state index contributed by atoms with van der Waals surface area (Å²) in [4.78, 5) is 41.3. The number of amides is 3. The quantitative estimate of drug-likeness (QED) is 0.690. The lowest BCUT2D eigenvalue weighted by atomic mass is 10.1. The van der Waals surface area contributed by atoms with E-state index in [9.17, 15) is 14.4 Å². The lowest BCUT2D eigenvalue weighted by molar-refractivity contribution is -0.122. The molecule has 8 heteroatoms. The van der Waals surface area contributed by atoms with Crippen molar-refractivity contribution in [3.8, 4) is 0 Å². The summed E-state index contributed by atoms with van der Waals surface area (Å²) < 4.78 is 5.32. The van der Waals surface area contributed by atoms with Crippen LogP contribution in [0, 0.1) is 5.92 Å². The van der Waals surface area contributed by atoms with Crippen molar-refractivity contribution in [2.24, 2.45) is 5.92 Å². The molecule has 2 heterocycles. The molecule has 0 spiro atoms. The molecule has 1 atom stereocenters. The van der Waals surface area contributed by atoms with E-state index in [0.717, 1.165) is 38.5 Å². The average Bonchev–Trinajstić information content (AvgIpc) is 3.22. The number of nitrogens with zero attached hydrogens (tertiary/aromatic N) is 2. The number of para-hydroxylation sites is 1. The van der Waals surface area contributed by atoms with Crippen LogP contribution in [-0.2, 0) is 14.3 Å². The van der Waals surface area contributed by atoms with Crippen molar-refractivity contribution in [3.63, 3.8) is 0 Å². The van der Waals surface area contributed by atoms with Gasteiger partial charge in [0.05, 0.1) is 19.1 Å². The van der Waals surface area contributed by atoms with E-state index in [2.05, 4.69) is 15.5 Å². The van der Waals surface area contributed by atoms with Gasteiger partial charge in [-0.1, -0.05) is 18.2 Å². The maximum atomic E-state index is 12.7. The van der Waals surface area contributed by atoms with Gasteiger partial charge in [-0.15, -0.1) is 0 Å². The molecule has 32 heavy (non-hydrogen) atoms. The number of carbonyl (C=O) groups excluding carboxylic acids is 3. The van der Waals surface area contributed by atoms with Crippen LogP contribution >= 0.6 is 0 Å². The molecule has 2 aromatic carbocycles. The van der Waals surface area contributed by atoms with Crippen LogP contribution < -0.4 is 15.5 Å². The van der Waals surface area contributed by atoms with Crippen LogP contribution in [0.3, 0.4) is 0 Å². The number of nitrogens with one attached hydrogen (secondary N) is 2. The lowest BCUT2D eigenvalue weighted by Crippen LogP contribution is -2.41. The van der Waals surface area contributed by atoms with E-state index < -0.39 is 5.92 Å². The highest BCUT2D eigenvalue weighted by Gasteiger charge is 2.35. The number of hydrogen-bond donors (Lipinski definition) is 2. The summed E-state index contributed by atoms with van der Waals surface area (Å²) in [5, 5.41) is 5.79. The Morgan fingerprint density at radius 2 is 1.72 bits per heavy atom. The first kappa shape index (κ1) is 22.0. The fraction of sp³-hybridized carbons (Fsp3) is 0.375. The molecule has 168 valence electrons. The Morgan fingerprint density at radius 1 is 1.00 bits per heavy atom. The molecule has 2 aliphatic rings. The predicted molar refractivity (Wildman–Crippen MR) is 122 cm³/mol. The van der Waals surface area contributed by atoms with Crippen LogP contribution in [0.2, 0.25) is 0 Å². The van der Waals surface area contributed by atoms with Gasteiger partial charge in [-0.05, 0) is 36.4 Å². The molecule has 4 rings (SSSR count). The summed E-state index contributed by atoms with van der Waals surface area (Å²) in [5.41, 5.74) is 1.94. The molecule has 0 bridgehead atoms. The molecule has 2 aromatic rings. The van der Waals surface area contributed by atoms with E-state index in [1.54, 1.807) is 29.2 Å². The largest absolute Gasteiger partial charge is 0.379 e. The average molecular weight is 437 g/mol. The zero-order valence-corrected chi connectivity index (χ0v) is 18.0. The van der Waals surface area contributed by atoms with Crippen LogP contribution in [0.15, 0.2) is 54.6 Å². The Morgan fingerprint density at radius 3 is 2.44 bits per heavy atom. The van der Waals surface area contributed by atoms with Gasteiger partial charge in [0, 0.05) is 56.1 Å². The van der Waals surface area contributed by atoms with E-state index >= 15 is 0 Å². The number of anilines is 2. The number of rotatable bonds is 7. The van der Waals surface area contributed by atoms with Gasteiger partial charge >= 0.3 is 0 Å². The molecule has 0 aliphatic carbocycles. The summed E-state index contributed by atoms with van der Waals surface area (Å²) in [6, 6.07) is 16.2. The monoisotopic (exact) mass is 436 g/mol. The van der Waals surface area contributed by atoms with Crippen molar-refractivity contribution in [1.29, 1.82) is 0 Å². The Balaban J connectivity index is 1.25. The molecule has 2 saturated heterocycles.